The number of hydrogen-bond acceptors (Lipinski definition) is 3. The molecular weight excluding hydrogens is 398 g/mol. The third-order valence-corrected chi connectivity index (χ3v) is 9.91. The van der Waals surface area contributed by atoms with Gasteiger partial charge in [0.25, 0.3) is 0 Å². The van der Waals surface area contributed by atoms with Gasteiger partial charge in [0.2, 0.25) is 11.8 Å². The second-order valence-electron chi connectivity index (χ2n) is 11.4. The van der Waals surface area contributed by atoms with Gasteiger partial charge in [0, 0.05) is 30.6 Å². The zero-order valence-corrected chi connectivity index (χ0v) is 19.9. The lowest BCUT2D eigenvalue weighted by atomic mass is 9.47. The van der Waals surface area contributed by atoms with Crippen LogP contribution >= 0.6 is 0 Å². The number of likely N-dealkylation sites (N-methyl/N-ethyl adjacent to an activating group) is 1. The number of nitrogens with zero attached hydrogens (tertiary/aromatic N) is 2. The van der Waals surface area contributed by atoms with Gasteiger partial charge in [-0.1, -0.05) is 26.0 Å². The van der Waals surface area contributed by atoms with Crippen molar-refractivity contribution in [1.29, 1.82) is 0 Å². The molecule has 0 saturated heterocycles. The van der Waals surface area contributed by atoms with Gasteiger partial charge in [-0.25, -0.2) is 4.98 Å². The van der Waals surface area contributed by atoms with Gasteiger partial charge < -0.3 is 10.2 Å². The fraction of sp³-hybridized carbons (Fsp3) is 0.667. The van der Waals surface area contributed by atoms with E-state index in [1.165, 1.54) is 25.7 Å². The summed E-state index contributed by atoms with van der Waals surface area (Å²) in [6.45, 7) is 6.80. The molecular formula is C27H37N3O2. The van der Waals surface area contributed by atoms with Crippen molar-refractivity contribution in [2.24, 2.45) is 34.5 Å². The Morgan fingerprint density at radius 1 is 1.16 bits per heavy atom. The highest BCUT2D eigenvalue weighted by Crippen LogP contribution is 2.65. The van der Waals surface area contributed by atoms with Crippen LogP contribution in [0.2, 0.25) is 0 Å². The number of carbonyl (C=O) groups excluding carboxylic acids is 2. The molecule has 2 amide bonds. The number of anilines is 1. The van der Waals surface area contributed by atoms with Gasteiger partial charge in [0.1, 0.15) is 5.82 Å². The molecule has 1 N–H and O–H groups in total. The number of aromatic nitrogens is 1. The second-order valence-corrected chi connectivity index (χ2v) is 11.4. The van der Waals surface area contributed by atoms with E-state index in [2.05, 4.69) is 30.2 Å². The van der Waals surface area contributed by atoms with Crippen molar-refractivity contribution in [3.05, 3.63) is 36.0 Å². The molecule has 5 heteroatoms. The Morgan fingerprint density at radius 3 is 2.75 bits per heavy atom. The molecule has 3 fully saturated rings. The summed E-state index contributed by atoms with van der Waals surface area (Å²) in [4.78, 5) is 31.6. The lowest BCUT2D eigenvalue weighted by Gasteiger charge is -2.60. The smallest absolute Gasteiger partial charge is 0.246 e. The number of aryl methyl sites for hydroxylation is 1. The van der Waals surface area contributed by atoms with Crippen molar-refractivity contribution < 1.29 is 9.59 Å². The van der Waals surface area contributed by atoms with Crippen LogP contribution in [-0.4, -0.2) is 34.8 Å². The van der Waals surface area contributed by atoms with Crippen LogP contribution in [0, 0.1) is 41.4 Å². The summed E-state index contributed by atoms with van der Waals surface area (Å²) in [5.74, 6) is 3.38. The van der Waals surface area contributed by atoms with Crippen LogP contribution < -0.4 is 5.32 Å². The Bertz CT molecular complexity index is 958. The topological polar surface area (TPSA) is 62.3 Å². The Balaban J connectivity index is 1.31. The monoisotopic (exact) mass is 435 g/mol. The van der Waals surface area contributed by atoms with E-state index in [1.54, 1.807) is 0 Å². The first-order valence-corrected chi connectivity index (χ1v) is 12.4. The van der Waals surface area contributed by atoms with E-state index in [0.29, 0.717) is 42.0 Å². The van der Waals surface area contributed by atoms with Crippen molar-refractivity contribution >= 4 is 17.6 Å². The second kappa shape index (κ2) is 7.71. The van der Waals surface area contributed by atoms with Crippen LogP contribution in [0.25, 0.3) is 0 Å². The number of amides is 2. The molecule has 0 bridgehead atoms. The van der Waals surface area contributed by atoms with Gasteiger partial charge in [-0.05, 0) is 92.7 Å². The Kier molecular flexibility index (Phi) is 5.22. The summed E-state index contributed by atoms with van der Waals surface area (Å²) in [6, 6.07) is 6.08. The summed E-state index contributed by atoms with van der Waals surface area (Å²) < 4.78 is 0. The number of rotatable bonds is 3. The van der Waals surface area contributed by atoms with Crippen LogP contribution in [0.3, 0.4) is 0 Å². The molecule has 0 aromatic carbocycles. The average Bonchev–Trinajstić information content (AvgIpc) is 3.07. The molecule has 1 aliphatic heterocycles. The molecule has 0 spiro atoms. The fourth-order valence-electron chi connectivity index (χ4n) is 8.21. The molecule has 5 nitrogen and oxygen atoms in total. The molecule has 172 valence electrons. The first-order valence-electron chi connectivity index (χ1n) is 12.4. The van der Waals surface area contributed by atoms with Crippen LogP contribution in [-0.2, 0) is 9.59 Å². The highest BCUT2D eigenvalue weighted by atomic mass is 16.2. The average molecular weight is 436 g/mol. The normalized spacial score (nSPS) is 40.4. The minimum absolute atomic E-state index is 0.0825. The van der Waals surface area contributed by atoms with E-state index in [9.17, 15) is 9.59 Å². The van der Waals surface area contributed by atoms with E-state index in [4.69, 9.17) is 0 Å². The van der Waals surface area contributed by atoms with Crippen molar-refractivity contribution in [3.63, 3.8) is 0 Å². The summed E-state index contributed by atoms with van der Waals surface area (Å²) in [6.07, 6.45) is 11.7. The van der Waals surface area contributed by atoms with Gasteiger partial charge in [-0.2, -0.15) is 0 Å². The van der Waals surface area contributed by atoms with E-state index in [0.717, 1.165) is 18.5 Å². The van der Waals surface area contributed by atoms with Gasteiger partial charge in [0.05, 0.1) is 0 Å². The van der Waals surface area contributed by atoms with E-state index in [1.807, 2.05) is 43.1 Å². The maximum absolute atomic E-state index is 12.9. The number of pyridine rings is 1. The molecule has 4 aliphatic rings. The zero-order valence-electron chi connectivity index (χ0n) is 19.9. The lowest BCUT2D eigenvalue weighted by molar-refractivity contribution is -0.139. The van der Waals surface area contributed by atoms with Crippen LogP contribution in [0.15, 0.2) is 30.4 Å². The minimum atomic E-state index is 0.0825. The first kappa shape index (κ1) is 21.7. The highest BCUT2D eigenvalue weighted by molar-refractivity contribution is 5.90. The molecule has 2 heterocycles. The number of fused-ring (bicyclic) bond motifs is 5. The molecule has 5 rings (SSSR count). The summed E-state index contributed by atoms with van der Waals surface area (Å²) >= 11 is 0. The maximum atomic E-state index is 12.9. The molecule has 0 unspecified atom stereocenters. The Labute approximate surface area is 192 Å². The van der Waals surface area contributed by atoms with Crippen molar-refractivity contribution in [2.75, 3.05) is 12.4 Å². The molecule has 7 atom stereocenters. The predicted octanol–water partition coefficient (Wildman–Crippen LogP) is 4.97. The van der Waals surface area contributed by atoms with Crippen LogP contribution in [0.1, 0.15) is 64.5 Å². The number of nitrogens with one attached hydrogen (secondary N) is 1. The summed E-state index contributed by atoms with van der Waals surface area (Å²) in [5, 5.41) is 3.03. The number of hydrogen-bond donors (Lipinski definition) is 1. The zero-order chi connectivity index (χ0) is 22.7. The van der Waals surface area contributed by atoms with Gasteiger partial charge in [0.15, 0.2) is 0 Å². The van der Waals surface area contributed by atoms with E-state index < -0.39 is 0 Å². The van der Waals surface area contributed by atoms with Gasteiger partial charge in [-0.15, -0.1) is 0 Å². The summed E-state index contributed by atoms with van der Waals surface area (Å²) in [5.41, 5.74) is 1.24. The fourth-order valence-corrected chi connectivity index (χ4v) is 8.21. The first-order chi connectivity index (χ1) is 15.2. The minimum Gasteiger partial charge on any atom is -0.338 e. The maximum Gasteiger partial charge on any atom is 0.246 e. The molecule has 3 saturated carbocycles. The standard InChI is InChI=1S/C27H37N3O2/c1-17-6-5-7-23(28-17)29-24(31)16-18-8-10-20-19-9-11-22-27(3,15-13-25(32)30(22)4)21(19)12-14-26(18,20)2/h5-7,13,15,18-22H,8-12,14,16H2,1-4H3,(H,28,29,31)/t18-,19+,20+,21+,22-,26-,27-/m1/s1. The van der Waals surface area contributed by atoms with Crippen LogP contribution in [0.4, 0.5) is 5.82 Å². The van der Waals surface area contributed by atoms with Crippen molar-refractivity contribution in [2.45, 2.75) is 71.8 Å². The van der Waals surface area contributed by atoms with Crippen molar-refractivity contribution in [3.8, 4) is 0 Å². The molecule has 32 heavy (non-hydrogen) atoms. The molecule has 1 aromatic rings. The van der Waals surface area contributed by atoms with Crippen molar-refractivity contribution in [1.82, 2.24) is 9.88 Å². The Hall–Kier alpha value is -2.17. The molecule has 1 aromatic heterocycles. The predicted molar refractivity (Wildman–Crippen MR) is 126 cm³/mol. The third-order valence-electron chi connectivity index (χ3n) is 9.91. The quantitative estimate of drug-likeness (QED) is 0.729. The van der Waals surface area contributed by atoms with E-state index >= 15 is 0 Å². The van der Waals surface area contributed by atoms with Gasteiger partial charge >= 0.3 is 0 Å². The van der Waals surface area contributed by atoms with Gasteiger partial charge in [-0.3, -0.25) is 9.59 Å². The molecule has 3 aliphatic carbocycles. The number of carbonyl (C=O) groups is 2. The lowest BCUT2D eigenvalue weighted by Crippen LogP contribution is -2.59. The highest BCUT2D eigenvalue weighted by Gasteiger charge is 2.60. The SMILES string of the molecule is Cc1cccc(NC(=O)C[C@H]2CC[C@H]3[C@@H]4CC[C@H]5N(C)C(=O)C=C[C@]5(C)[C@H]4CC[C@]23C)n1. The Morgan fingerprint density at radius 2 is 1.97 bits per heavy atom. The largest absolute Gasteiger partial charge is 0.338 e. The van der Waals surface area contributed by atoms with Crippen LogP contribution in [0.5, 0.6) is 0 Å². The third kappa shape index (κ3) is 3.31. The summed E-state index contributed by atoms with van der Waals surface area (Å²) in [7, 11) is 1.98. The molecule has 0 radical (unpaired) electrons. The van der Waals surface area contributed by atoms with E-state index in [-0.39, 0.29) is 22.6 Å².